The first-order valence-corrected chi connectivity index (χ1v) is 14.6. The van der Waals surface area contributed by atoms with E-state index in [9.17, 15) is 42.6 Å². The van der Waals surface area contributed by atoms with Crippen LogP contribution >= 0.6 is 0 Å². The van der Waals surface area contributed by atoms with Crippen molar-refractivity contribution < 1.29 is 42.6 Å². The van der Waals surface area contributed by atoms with Gasteiger partial charge in [-0.2, -0.15) is 13.2 Å². The number of hydrogen-bond acceptors (Lipinski definition) is 7. The van der Waals surface area contributed by atoms with Crippen LogP contribution in [-0.2, 0) is 32.1 Å². The van der Waals surface area contributed by atoms with Crippen LogP contribution in [0.15, 0.2) is 54.9 Å². The number of pyridine rings is 1. The van der Waals surface area contributed by atoms with Gasteiger partial charge in [-0.05, 0) is 48.9 Å². The van der Waals surface area contributed by atoms with Gasteiger partial charge in [0, 0.05) is 24.9 Å². The van der Waals surface area contributed by atoms with Gasteiger partial charge in [-0.15, -0.1) is 0 Å². The van der Waals surface area contributed by atoms with Gasteiger partial charge in [-0.25, -0.2) is 0 Å². The lowest BCUT2D eigenvalue weighted by atomic mass is 9.92. The maximum atomic E-state index is 13.1. The van der Waals surface area contributed by atoms with E-state index in [1.807, 2.05) is 5.32 Å². The van der Waals surface area contributed by atoms with Gasteiger partial charge in [0.25, 0.3) is 0 Å². The van der Waals surface area contributed by atoms with Gasteiger partial charge in [-0.3, -0.25) is 24.2 Å². The van der Waals surface area contributed by atoms with Crippen LogP contribution in [-0.4, -0.2) is 75.3 Å². The molecule has 0 aliphatic rings. The molecule has 1 aromatic heterocycles. The number of carbonyl (C=O) groups is 4. The maximum Gasteiger partial charge on any atom is 0.392 e. The van der Waals surface area contributed by atoms with Crippen molar-refractivity contribution >= 4 is 23.6 Å². The molecule has 0 aliphatic carbocycles. The Hall–Kier alpha value is -4.04. The average molecular weight is 638 g/mol. The van der Waals surface area contributed by atoms with Crippen molar-refractivity contribution in [3.05, 3.63) is 66.0 Å². The van der Waals surface area contributed by atoms with Crippen LogP contribution in [0.5, 0.6) is 0 Å². The van der Waals surface area contributed by atoms with Crippen LogP contribution in [0, 0.1) is 11.8 Å². The summed E-state index contributed by atoms with van der Waals surface area (Å²) >= 11 is 0. The highest BCUT2D eigenvalue weighted by atomic mass is 19.4. The molecule has 0 radical (unpaired) electrons. The molecule has 2 aromatic rings. The first-order valence-electron chi connectivity index (χ1n) is 14.6. The number of amides is 4. The van der Waals surface area contributed by atoms with E-state index in [4.69, 9.17) is 0 Å². The van der Waals surface area contributed by atoms with Crippen molar-refractivity contribution in [3.63, 3.8) is 0 Å². The van der Waals surface area contributed by atoms with E-state index in [2.05, 4.69) is 20.9 Å². The Labute approximate surface area is 260 Å². The monoisotopic (exact) mass is 637 g/mol. The Balaban J connectivity index is 2.06. The molecule has 0 saturated heterocycles. The fraction of sp³-hybridized carbons (Fsp3) is 0.516. The highest BCUT2D eigenvalue weighted by Crippen LogP contribution is 2.21. The van der Waals surface area contributed by atoms with E-state index in [-0.39, 0.29) is 31.2 Å². The molecular formula is C31H42F3N5O6. The second-order valence-corrected chi connectivity index (χ2v) is 11.4. The molecule has 6 atom stereocenters. The molecule has 1 aromatic carbocycles. The fourth-order valence-corrected chi connectivity index (χ4v) is 4.41. The van der Waals surface area contributed by atoms with Crippen LogP contribution < -0.4 is 21.3 Å². The molecule has 0 aliphatic heterocycles. The van der Waals surface area contributed by atoms with E-state index in [0.717, 1.165) is 11.1 Å². The second-order valence-electron chi connectivity index (χ2n) is 11.4. The van der Waals surface area contributed by atoms with E-state index >= 15 is 0 Å². The Kier molecular flexibility index (Phi) is 14.4. The van der Waals surface area contributed by atoms with E-state index in [1.54, 1.807) is 75.6 Å². The molecule has 0 bridgehead atoms. The fourth-order valence-electron chi connectivity index (χ4n) is 4.41. The molecule has 11 nitrogen and oxygen atoms in total. The van der Waals surface area contributed by atoms with Gasteiger partial charge in [0.1, 0.15) is 18.2 Å². The SMILES string of the molecule is CC(C)[C@H](NC(=O)[C@H](C)C[C@H](O)[C@H](Cc1ccccc1)NC(=O)[C@H](C)NC(=O)[C@@H](O)CC(F)(F)F)C(=O)NCc1ccncc1. The lowest BCUT2D eigenvalue weighted by Gasteiger charge is -2.29. The minimum absolute atomic E-state index is 0.113. The van der Waals surface area contributed by atoms with Gasteiger partial charge in [0.05, 0.1) is 18.6 Å². The first kappa shape index (κ1) is 37.1. The number of nitrogens with one attached hydrogen (secondary N) is 4. The van der Waals surface area contributed by atoms with Crippen LogP contribution in [0.25, 0.3) is 0 Å². The quantitative estimate of drug-likeness (QED) is 0.163. The third-order valence-electron chi connectivity index (χ3n) is 7.08. The lowest BCUT2D eigenvalue weighted by Crippen LogP contribution is -2.54. The number of nitrogens with zero attached hydrogens (tertiary/aromatic N) is 1. The van der Waals surface area contributed by atoms with Crippen LogP contribution in [0.3, 0.4) is 0 Å². The third-order valence-corrected chi connectivity index (χ3v) is 7.08. The zero-order chi connectivity index (χ0) is 33.7. The molecule has 0 fully saturated rings. The number of aliphatic hydroxyl groups is 2. The standard InChI is InChI=1S/C31H42F3N5O6/c1-18(2)26(30(45)36-17-22-10-12-35-13-11-22)39-27(42)19(3)14-24(40)23(15-21-8-6-5-7-9-21)38-28(43)20(4)37-29(44)25(41)16-31(32,33)34/h5-13,18-20,23-26,40-41H,14-17H2,1-4H3,(H,36,45)(H,37,44)(H,38,43)(H,39,42)/t19-,20+,23+,24+,25+,26+/m1/s1. The minimum atomic E-state index is -4.78. The predicted octanol–water partition coefficient (Wildman–Crippen LogP) is 1.77. The third kappa shape index (κ3) is 13.2. The lowest BCUT2D eigenvalue weighted by molar-refractivity contribution is -0.163. The van der Waals surface area contributed by atoms with Crippen LogP contribution in [0.1, 0.15) is 51.7 Å². The molecule has 6 N–H and O–H groups in total. The summed E-state index contributed by atoms with van der Waals surface area (Å²) in [4.78, 5) is 54.8. The first-order chi connectivity index (χ1) is 21.1. The summed E-state index contributed by atoms with van der Waals surface area (Å²) in [6.07, 6.45) is -7.00. The van der Waals surface area contributed by atoms with Crippen molar-refractivity contribution in [2.75, 3.05) is 0 Å². The largest absolute Gasteiger partial charge is 0.392 e. The highest BCUT2D eigenvalue weighted by Gasteiger charge is 2.36. The Bertz CT molecular complexity index is 1250. The van der Waals surface area contributed by atoms with Crippen molar-refractivity contribution in [2.45, 2.75) is 90.0 Å². The second kappa shape index (κ2) is 17.4. The number of carbonyl (C=O) groups excluding carboxylic acids is 4. The van der Waals surface area contributed by atoms with Gasteiger partial charge in [0.15, 0.2) is 0 Å². The van der Waals surface area contributed by atoms with E-state index < -0.39 is 66.6 Å². The Morgan fingerprint density at radius 1 is 0.800 bits per heavy atom. The number of rotatable bonds is 16. The minimum Gasteiger partial charge on any atom is -0.391 e. The summed E-state index contributed by atoms with van der Waals surface area (Å²) in [5.74, 6) is -4.10. The molecule has 0 unspecified atom stereocenters. The maximum absolute atomic E-state index is 13.1. The van der Waals surface area contributed by atoms with Gasteiger partial charge >= 0.3 is 6.18 Å². The summed E-state index contributed by atoms with van der Waals surface area (Å²) < 4.78 is 37.6. The molecule has 1 heterocycles. The Morgan fingerprint density at radius 2 is 1.42 bits per heavy atom. The summed E-state index contributed by atoms with van der Waals surface area (Å²) in [5, 5.41) is 30.9. The zero-order valence-corrected chi connectivity index (χ0v) is 25.7. The number of alkyl halides is 3. The van der Waals surface area contributed by atoms with Crippen molar-refractivity contribution in [1.29, 1.82) is 0 Å². The Morgan fingerprint density at radius 3 is 2.00 bits per heavy atom. The average Bonchev–Trinajstić information content (AvgIpc) is 2.97. The predicted molar refractivity (Wildman–Crippen MR) is 159 cm³/mol. The molecular weight excluding hydrogens is 595 g/mol. The summed E-state index contributed by atoms with van der Waals surface area (Å²) in [5.41, 5.74) is 1.57. The highest BCUT2D eigenvalue weighted by molar-refractivity contribution is 5.89. The zero-order valence-electron chi connectivity index (χ0n) is 25.7. The normalized spacial score (nSPS) is 15.6. The molecule has 4 amide bonds. The van der Waals surface area contributed by atoms with E-state index in [0.29, 0.717) is 0 Å². The van der Waals surface area contributed by atoms with Crippen molar-refractivity contribution in [3.8, 4) is 0 Å². The molecule has 0 saturated carbocycles. The van der Waals surface area contributed by atoms with Crippen molar-refractivity contribution in [2.24, 2.45) is 11.8 Å². The molecule has 248 valence electrons. The molecule has 2 rings (SSSR count). The number of aliphatic hydroxyl groups excluding tert-OH is 2. The van der Waals surface area contributed by atoms with Gasteiger partial charge in [-0.1, -0.05) is 51.1 Å². The van der Waals surface area contributed by atoms with E-state index in [1.165, 1.54) is 6.92 Å². The van der Waals surface area contributed by atoms with Crippen LogP contribution in [0.2, 0.25) is 0 Å². The topological polar surface area (TPSA) is 170 Å². The number of hydrogen-bond donors (Lipinski definition) is 6. The number of halogens is 3. The van der Waals surface area contributed by atoms with Crippen LogP contribution in [0.4, 0.5) is 13.2 Å². The molecule has 0 spiro atoms. The van der Waals surface area contributed by atoms with Gasteiger partial charge < -0.3 is 31.5 Å². The summed E-state index contributed by atoms with van der Waals surface area (Å²) in [6.45, 7) is 6.60. The summed E-state index contributed by atoms with van der Waals surface area (Å²) in [6, 6.07) is 9.17. The summed E-state index contributed by atoms with van der Waals surface area (Å²) in [7, 11) is 0. The molecule has 45 heavy (non-hydrogen) atoms. The number of aromatic nitrogens is 1. The smallest absolute Gasteiger partial charge is 0.391 e. The van der Waals surface area contributed by atoms with Crippen molar-refractivity contribution in [1.82, 2.24) is 26.3 Å². The molecule has 14 heteroatoms. The van der Waals surface area contributed by atoms with Gasteiger partial charge in [0.2, 0.25) is 23.6 Å². The number of benzene rings is 1.